The third-order valence-corrected chi connectivity index (χ3v) is 10.7. The van der Waals surface area contributed by atoms with Gasteiger partial charge < -0.3 is 15.2 Å². The van der Waals surface area contributed by atoms with E-state index in [2.05, 4.69) is 20.5 Å². The molecule has 248 valence electrons. The quantitative estimate of drug-likeness (QED) is 0.191. The van der Waals surface area contributed by atoms with Crippen LogP contribution in [0.5, 0.6) is 0 Å². The molecule has 9 nitrogen and oxygen atoms in total. The van der Waals surface area contributed by atoms with Crippen LogP contribution in [0.4, 0.5) is 29.1 Å². The van der Waals surface area contributed by atoms with Gasteiger partial charge in [0.05, 0.1) is 5.92 Å². The fourth-order valence-corrected chi connectivity index (χ4v) is 7.52. The summed E-state index contributed by atoms with van der Waals surface area (Å²) in [5.74, 6) is -1.71. The lowest BCUT2D eigenvalue weighted by Crippen LogP contribution is -2.53. The number of anilines is 2. The highest BCUT2D eigenvalue weighted by molar-refractivity contribution is 5.96. The van der Waals surface area contributed by atoms with E-state index in [9.17, 15) is 22.4 Å². The second-order valence-electron chi connectivity index (χ2n) is 14.1. The average molecular weight is 653 g/mol. The van der Waals surface area contributed by atoms with E-state index in [1.807, 2.05) is 48.5 Å². The molecule has 4 aromatic rings. The van der Waals surface area contributed by atoms with Crippen molar-refractivity contribution in [3.63, 3.8) is 0 Å². The molecule has 0 aliphatic heterocycles. The van der Waals surface area contributed by atoms with Crippen LogP contribution in [0.2, 0.25) is 0 Å². The van der Waals surface area contributed by atoms with Crippen molar-refractivity contribution in [2.45, 2.75) is 82.5 Å². The Morgan fingerprint density at radius 3 is 2.15 bits per heavy atom. The number of nitrogen functional groups attached to an aromatic ring is 1. The summed E-state index contributed by atoms with van der Waals surface area (Å²) in [6, 6.07) is 15.1. The second kappa shape index (κ2) is 11.2. The Balaban J connectivity index is 1.14. The number of nitrogens with two attached hydrogens (primary N) is 1. The molecule has 0 saturated heterocycles. The molecule has 0 radical (unpaired) electrons. The number of nitrogens with zero attached hydrogens (tertiary/aromatic N) is 5. The van der Waals surface area contributed by atoms with Crippen molar-refractivity contribution in [2.24, 2.45) is 17.3 Å². The third kappa shape index (κ3) is 5.78. The molecule has 2 heterocycles. The lowest BCUT2D eigenvalue weighted by Gasteiger charge is -2.53. The molecular weight excluding hydrogens is 616 g/mol. The van der Waals surface area contributed by atoms with Crippen LogP contribution in [0.15, 0.2) is 57.7 Å². The Hall–Kier alpha value is -4.29. The highest BCUT2D eigenvalue weighted by atomic mass is 19.4. The minimum absolute atomic E-state index is 0.0347. The van der Waals surface area contributed by atoms with Gasteiger partial charge in [-0.3, -0.25) is 4.79 Å². The van der Waals surface area contributed by atoms with Crippen molar-refractivity contribution in [3.05, 3.63) is 60.2 Å². The number of carbonyl (C=O) groups excluding carboxylic acids is 1. The van der Waals surface area contributed by atoms with Crippen LogP contribution in [-0.4, -0.2) is 39.1 Å². The van der Waals surface area contributed by atoms with Gasteiger partial charge in [0.2, 0.25) is 5.91 Å². The summed E-state index contributed by atoms with van der Waals surface area (Å²) in [6.45, 7) is 3.18. The fraction of sp³-hybridized carbons (Fsp3) is 0.500. The van der Waals surface area contributed by atoms with E-state index in [0.717, 1.165) is 55.2 Å². The minimum Gasteiger partial charge on any atom is -0.379 e. The van der Waals surface area contributed by atoms with Crippen LogP contribution in [0.1, 0.15) is 76.9 Å². The third-order valence-electron chi connectivity index (χ3n) is 10.7. The standard InChI is InChI=1S/C34H36F4N6O3/c1-31(2,35)30-40-29(43-46-30)33-13-10-32(11-14-33,12-15-33)19-44(28(45)23-16-24(17-23)34(36,37)38)25-5-3-4-22(18-25)20-6-8-21(9-7-20)26-27(39)42-47-41-26/h3-9,18,23-24H,10-17,19H2,1-2H3,(H2,39,42). The predicted octanol–water partition coefficient (Wildman–Crippen LogP) is 7.79. The van der Waals surface area contributed by atoms with Gasteiger partial charge in [-0.1, -0.05) is 41.6 Å². The number of halogens is 4. The Labute approximate surface area is 268 Å². The number of rotatable bonds is 8. The van der Waals surface area contributed by atoms with Gasteiger partial charge in [-0.25, -0.2) is 9.02 Å². The first-order chi connectivity index (χ1) is 22.3. The normalized spacial score (nSPS) is 25.8. The number of carbonyl (C=O) groups is 1. The number of alkyl halides is 4. The van der Waals surface area contributed by atoms with Crippen molar-refractivity contribution in [3.8, 4) is 22.4 Å². The maximum atomic E-state index is 14.5. The van der Waals surface area contributed by atoms with E-state index in [1.165, 1.54) is 13.8 Å². The summed E-state index contributed by atoms with van der Waals surface area (Å²) < 4.78 is 64.7. The molecule has 13 heteroatoms. The van der Waals surface area contributed by atoms with Crippen molar-refractivity contribution >= 4 is 17.4 Å². The summed E-state index contributed by atoms with van der Waals surface area (Å²) in [5.41, 5.74) is 7.15. The zero-order valence-corrected chi connectivity index (χ0v) is 26.2. The van der Waals surface area contributed by atoms with Gasteiger partial charge in [-0.2, -0.15) is 18.2 Å². The lowest BCUT2D eigenvalue weighted by molar-refractivity contribution is -0.204. The summed E-state index contributed by atoms with van der Waals surface area (Å²) >= 11 is 0. The largest absolute Gasteiger partial charge is 0.391 e. The number of fused-ring (bicyclic) bond motifs is 3. The Kier molecular flexibility index (Phi) is 7.43. The van der Waals surface area contributed by atoms with Gasteiger partial charge in [-0.05, 0) is 104 Å². The Morgan fingerprint density at radius 2 is 1.57 bits per heavy atom. The van der Waals surface area contributed by atoms with E-state index >= 15 is 0 Å². The summed E-state index contributed by atoms with van der Waals surface area (Å²) in [4.78, 5) is 20.2. The van der Waals surface area contributed by atoms with E-state index in [4.69, 9.17) is 14.9 Å². The van der Waals surface area contributed by atoms with Crippen LogP contribution in [0.3, 0.4) is 0 Å². The number of hydrogen-bond donors (Lipinski definition) is 1. The molecule has 4 saturated carbocycles. The molecule has 0 atom stereocenters. The molecule has 4 fully saturated rings. The predicted molar refractivity (Wildman–Crippen MR) is 164 cm³/mol. The lowest BCUT2D eigenvalue weighted by atomic mass is 9.53. The highest BCUT2D eigenvalue weighted by Gasteiger charge is 2.54. The molecule has 4 aliphatic carbocycles. The SMILES string of the molecule is CC(C)(F)c1nc(C23CCC(CN(C(=O)C4CC(C(F)(F)F)C4)c4cccc(-c5ccc(-c6nonc6N)cc5)c4)(CC2)CC3)no1. The van der Waals surface area contributed by atoms with Crippen molar-refractivity contribution in [1.82, 2.24) is 20.5 Å². The molecule has 8 rings (SSSR count). The topological polar surface area (TPSA) is 124 Å². The zero-order valence-electron chi connectivity index (χ0n) is 26.2. The molecule has 2 aromatic heterocycles. The number of benzene rings is 2. The molecule has 2 N–H and O–H groups in total. The molecule has 0 unspecified atom stereocenters. The van der Waals surface area contributed by atoms with Gasteiger partial charge in [-0.15, -0.1) is 0 Å². The van der Waals surface area contributed by atoms with Gasteiger partial charge in [0, 0.05) is 29.1 Å². The monoisotopic (exact) mass is 652 g/mol. The first-order valence-electron chi connectivity index (χ1n) is 16.0. The van der Waals surface area contributed by atoms with Gasteiger partial charge in [0.1, 0.15) is 0 Å². The van der Waals surface area contributed by atoms with Crippen LogP contribution in [0, 0.1) is 17.3 Å². The average Bonchev–Trinajstić information content (AvgIpc) is 3.70. The van der Waals surface area contributed by atoms with Crippen LogP contribution >= 0.6 is 0 Å². The van der Waals surface area contributed by atoms with Crippen LogP contribution < -0.4 is 10.6 Å². The molecular formula is C34H36F4N6O3. The van der Waals surface area contributed by atoms with Gasteiger partial charge in [0.15, 0.2) is 23.0 Å². The van der Waals surface area contributed by atoms with Crippen molar-refractivity contribution < 1.29 is 31.5 Å². The highest BCUT2D eigenvalue weighted by Crippen LogP contribution is 2.58. The van der Waals surface area contributed by atoms with E-state index in [-0.39, 0.29) is 41.3 Å². The Morgan fingerprint density at radius 1 is 0.915 bits per heavy atom. The number of amides is 1. The smallest absolute Gasteiger partial charge is 0.379 e. The molecule has 47 heavy (non-hydrogen) atoms. The summed E-state index contributed by atoms with van der Waals surface area (Å²) in [5, 5.41) is 11.6. The number of aromatic nitrogens is 4. The Bertz CT molecular complexity index is 1750. The van der Waals surface area contributed by atoms with Crippen molar-refractivity contribution in [2.75, 3.05) is 17.2 Å². The van der Waals surface area contributed by atoms with E-state index in [0.29, 0.717) is 23.8 Å². The van der Waals surface area contributed by atoms with Crippen LogP contribution in [-0.2, 0) is 15.9 Å². The summed E-state index contributed by atoms with van der Waals surface area (Å²) in [6.07, 6.45) is -0.0389. The zero-order chi connectivity index (χ0) is 33.2. The van der Waals surface area contributed by atoms with E-state index < -0.39 is 23.7 Å². The first-order valence-corrected chi connectivity index (χ1v) is 16.0. The van der Waals surface area contributed by atoms with Gasteiger partial charge in [0.25, 0.3) is 5.89 Å². The molecule has 2 aromatic carbocycles. The fourth-order valence-electron chi connectivity index (χ4n) is 7.52. The van der Waals surface area contributed by atoms with Crippen LogP contribution in [0.25, 0.3) is 22.4 Å². The summed E-state index contributed by atoms with van der Waals surface area (Å²) in [7, 11) is 0. The molecule has 1 amide bonds. The maximum absolute atomic E-state index is 14.5. The molecule has 2 bridgehead atoms. The number of hydrogen-bond acceptors (Lipinski definition) is 8. The second-order valence-corrected chi connectivity index (χ2v) is 14.1. The van der Waals surface area contributed by atoms with Gasteiger partial charge >= 0.3 is 6.18 Å². The molecule has 4 aliphatic rings. The van der Waals surface area contributed by atoms with Crippen molar-refractivity contribution in [1.29, 1.82) is 0 Å². The first kappa shape index (κ1) is 31.3. The molecule has 0 spiro atoms. The maximum Gasteiger partial charge on any atom is 0.391 e. The van der Waals surface area contributed by atoms with E-state index in [1.54, 1.807) is 4.90 Å². The minimum atomic E-state index is -4.30.